The van der Waals surface area contributed by atoms with E-state index in [4.69, 9.17) is 5.11 Å². The maximum atomic E-state index is 11.0. The van der Waals surface area contributed by atoms with Crippen molar-refractivity contribution in [2.75, 3.05) is 4.90 Å². The second-order valence-electron chi connectivity index (χ2n) is 10.2. The molecule has 2 heterocycles. The first-order valence-electron chi connectivity index (χ1n) is 13.4. The summed E-state index contributed by atoms with van der Waals surface area (Å²) in [5, 5.41) is 13.4. The first-order valence-corrected chi connectivity index (χ1v) is 13.4. The van der Waals surface area contributed by atoms with Crippen molar-refractivity contribution in [3.05, 3.63) is 113 Å². The molecule has 0 saturated carbocycles. The summed E-state index contributed by atoms with van der Waals surface area (Å²) in [5.41, 5.74) is 11.1. The minimum Gasteiger partial charge on any atom is -0.478 e. The number of benzene rings is 3. The molecule has 0 radical (unpaired) electrons. The van der Waals surface area contributed by atoms with Crippen LogP contribution >= 0.6 is 0 Å². The monoisotopic (exact) mass is 505 g/mol. The van der Waals surface area contributed by atoms with E-state index in [-0.39, 0.29) is 6.04 Å². The lowest BCUT2D eigenvalue weighted by molar-refractivity contribution is -0.131. The van der Waals surface area contributed by atoms with Gasteiger partial charge in [-0.1, -0.05) is 68.4 Å². The highest BCUT2D eigenvalue weighted by Gasteiger charge is 2.34. The molecule has 5 nitrogen and oxygen atoms in total. The summed E-state index contributed by atoms with van der Waals surface area (Å²) >= 11 is 0. The standard InChI is InChI=1S/C33H35N3O2/c1-5-23-9-15-31(25(6-2)18-23)36-22(3)17-28-19-27(29-20-34-35(4)21-29)13-14-30(28)33(36)26-11-7-24(8-12-26)10-16-32(37)38/h7-16,18-22,33H,5-6,17H2,1-4H3,(H,37,38)/b16-10+. The highest BCUT2D eigenvalue weighted by Crippen LogP contribution is 2.43. The first-order chi connectivity index (χ1) is 18.4. The van der Waals surface area contributed by atoms with E-state index < -0.39 is 5.97 Å². The Hall–Kier alpha value is -4.12. The summed E-state index contributed by atoms with van der Waals surface area (Å²) in [7, 11) is 1.95. The van der Waals surface area contributed by atoms with Crippen LogP contribution in [-0.2, 0) is 31.1 Å². The minimum absolute atomic E-state index is 0.0481. The van der Waals surface area contributed by atoms with Crippen LogP contribution in [0.5, 0.6) is 0 Å². The van der Waals surface area contributed by atoms with Crippen LogP contribution in [0.3, 0.4) is 0 Å². The molecule has 0 amide bonds. The van der Waals surface area contributed by atoms with Crippen LogP contribution in [0.4, 0.5) is 5.69 Å². The average molecular weight is 506 g/mol. The first kappa shape index (κ1) is 25.5. The molecule has 3 aromatic carbocycles. The topological polar surface area (TPSA) is 58.4 Å². The Balaban J connectivity index is 1.64. The number of hydrogen-bond acceptors (Lipinski definition) is 3. The number of aryl methyl sites for hydroxylation is 3. The molecule has 0 aliphatic carbocycles. The van der Waals surface area contributed by atoms with Gasteiger partial charge in [-0.15, -0.1) is 0 Å². The van der Waals surface area contributed by atoms with E-state index in [1.165, 1.54) is 45.1 Å². The van der Waals surface area contributed by atoms with Gasteiger partial charge in [0.05, 0.1) is 12.2 Å². The van der Waals surface area contributed by atoms with E-state index in [9.17, 15) is 4.79 Å². The Morgan fingerprint density at radius 2 is 1.82 bits per heavy atom. The van der Waals surface area contributed by atoms with Crippen LogP contribution in [0.2, 0.25) is 0 Å². The molecule has 0 spiro atoms. The van der Waals surface area contributed by atoms with Crippen LogP contribution in [0.15, 0.2) is 79.1 Å². The number of nitrogens with zero attached hydrogens (tertiary/aromatic N) is 3. The molecule has 0 bridgehead atoms. The van der Waals surface area contributed by atoms with Crippen molar-refractivity contribution >= 4 is 17.7 Å². The van der Waals surface area contributed by atoms with E-state index in [1.54, 1.807) is 6.08 Å². The Kier molecular flexibility index (Phi) is 7.19. The molecular formula is C33H35N3O2. The number of hydrogen-bond donors (Lipinski definition) is 1. The lowest BCUT2D eigenvalue weighted by Crippen LogP contribution is -2.43. The molecule has 2 unspecified atom stereocenters. The van der Waals surface area contributed by atoms with Crippen LogP contribution < -0.4 is 4.90 Å². The van der Waals surface area contributed by atoms with Crippen LogP contribution in [0.1, 0.15) is 60.2 Å². The van der Waals surface area contributed by atoms with Crippen molar-refractivity contribution in [1.29, 1.82) is 0 Å². The fourth-order valence-corrected chi connectivity index (χ4v) is 5.69. The molecule has 194 valence electrons. The molecule has 1 N–H and O–H groups in total. The zero-order valence-corrected chi connectivity index (χ0v) is 22.6. The quantitative estimate of drug-likeness (QED) is 0.279. The van der Waals surface area contributed by atoms with Gasteiger partial charge in [0.25, 0.3) is 0 Å². The van der Waals surface area contributed by atoms with Gasteiger partial charge in [0, 0.05) is 36.6 Å². The molecule has 0 saturated heterocycles. The predicted molar refractivity (Wildman–Crippen MR) is 154 cm³/mol. The zero-order valence-electron chi connectivity index (χ0n) is 22.6. The Morgan fingerprint density at radius 1 is 1.03 bits per heavy atom. The molecule has 1 aromatic heterocycles. The molecule has 38 heavy (non-hydrogen) atoms. The molecule has 2 atom stereocenters. The van der Waals surface area contributed by atoms with Gasteiger partial charge in [-0.05, 0) is 77.3 Å². The second kappa shape index (κ2) is 10.7. The minimum atomic E-state index is -0.942. The van der Waals surface area contributed by atoms with E-state index in [2.05, 4.69) is 85.5 Å². The Morgan fingerprint density at radius 3 is 2.47 bits per heavy atom. The number of rotatable bonds is 7. The van der Waals surface area contributed by atoms with E-state index >= 15 is 0 Å². The lowest BCUT2D eigenvalue weighted by Gasteiger charge is -2.45. The summed E-state index contributed by atoms with van der Waals surface area (Å²) in [5.74, 6) is -0.942. The highest BCUT2D eigenvalue weighted by molar-refractivity contribution is 5.85. The van der Waals surface area contributed by atoms with E-state index in [0.717, 1.165) is 30.4 Å². The molecule has 0 fully saturated rings. The third-order valence-corrected chi connectivity index (χ3v) is 7.63. The van der Waals surface area contributed by atoms with E-state index in [0.29, 0.717) is 6.04 Å². The molecule has 4 aromatic rings. The molecule has 1 aliphatic heterocycles. The summed E-state index contributed by atoms with van der Waals surface area (Å²) in [6.45, 7) is 6.76. The van der Waals surface area contributed by atoms with Gasteiger partial charge in [-0.3, -0.25) is 4.68 Å². The summed E-state index contributed by atoms with van der Waals surface area (Å²) in [4.78, 5) is 13.6. The average Bonchev–Trinajstić information content (AvgIpc) is 3.37. The molecule has 1 aliphatic rings. The molecule has 5 heteroatoms. The smallest absolute Gasteiger partial charge is 0.328 e. The normalized spacial score (nSPS) is 17.1. The number of aliphatic carboxylic acids is 1. The molecule has 5 rings (SSSR count). The van der Waals surface area contributed by atoms with Crippen LogP contribution in [-0.4, -0.2) is 26.9 Å². The number of fused-ring (bicyclic) bond motifs is 1. The summed E-state index contributed by atoms with van der Waals surface area (Å²) in [6.07, 6.45) is 9.76. The van der Waals surface area contributed by atoms with Gasteiger partial charge >= 0.3 is 5.97 Å². The lowest BCUT2D eigenvalue weighted by atomic mass is 9.82. The van der Waals surface area contributed by atoms with Crippen molar-refractivity contribution in [1.82, 2.24) is 9.78 Å². The van der Waals surface area contributed by atoms with Crippen LogP contribution in [0, 0.1) is 0 Å². The Bertz CT molecular complexity index is 1480. The summed E-state index contributed by atoms with van der Waals surface area (Å²) in [6, 6.07) is 22.4. The Labute approximate surface area is 225 Å². The predicted octanol–water partition coefficient (Wildman–Crippen LogP) is 6.85. The van der Waals surface area contributed by atoms with E-state index in [1.807, 2.05) is 30.1 Å². The van der Waals surface area contributed by atoms with Crippen molar-refractivity contribution in [3.8, 4) is 11.1 Å². The van der Waals surface area contributed by atoms with Gasteiger partial charge in [0.2, 0.25) is 0 Å². The number of aromatic nitrogens is 2. The third kappa shape index (κ3) is 5.01. The van der Waals surface area contributed by atoms with Crippen molar-refractivity contribution < 1.29 is 9.90 Å². The third-order valence-electron chi connectivity index (χ3n) is 7.63. The largest absolute Gasteiger partial charge is 0.478 e. The van der Waals surface area contributed by atoms with Gasteiger partial charge in [0.1, 0.15) is 0 Å². The van der Waals surface area contributed by atoms with Crippen molar-refractivity contribution in [3.63, 3.8) is 0 Å². The van der Waals surface area contributed by atoms with Gasteiger partial charge in [0.15, 0.2) is 0 Å². The maximum Gasteiger partial charge on any atom is 0.328 e. The number of carboxylic acid groups (broad SMARTS) is 1. The van der Waals surface area contributed by atoms with Gasteiger partial charge in [-0.2, -0.15) is 5.10 Å². The van der Waals surface area contributed by atoms with Crippen LogP contribution in [0.25, 0.3) is 17.2 Å². The highest BCUT2D eigenvalue weighted by atomic mass is 16.4. The fraction of sp³-hybridized carbons (Fsp3) is 0.273. The van der Waals surface area contributed by atoms with Crippen molar-refractivity contribution in [2.24, 2.45) is 7.05 Å². The maximum absolute atomic E-state index is 11.0. The van der Waals surface area contributed by atoms with Crippen molar-refractivity contribution in [2.45, 2.75) is 52.1 Å². The number of carbonyl (C=O) groups is 1. The summed E-state index contributed by atoms with van der Waals surface area (Å²) < 4.78 is 1.84. The number of anilines is 1. The second-order valence-corrected chi connectivity index (χ2v) is 10.2. The van der Waals surface area contributed by atoms with Gasteiger partial charge < -0.3 is 10.0 Å². The zero-order chi connectivity index (χ0) is 26.8. The van der Waals surface area contributed by atoms with Gasteiger partial charge in [-0.25, -0.2) is 4.79 Å². The molecular weight excluding hydrogens is 470 g/mol. The SMILES string of the molecule is CCc1ccc(N2C(C)Cc3cc(-c4cnn(C)c4)ccc3C2c2ccc(/C=C/C(=O)O)cc2)c(CC)c1. The fourth-order valence-electron chi connectivity index (χ4n) is 5.69. The number of carboxylic acids is 1.